The van der Waals surface area contributed by atoms with Gasteiger partial charge in [0.25, 0.3) is 5.91 Å². The minimum atomic E-state index is -0.0932. The third-order valence-electron chi connectivity index (χ3n) is 6.11. The molecule has 192 valence electrons. The maximum absolute atomic E-state index is 13.4. The number of aliphatic imine (C=N–C) groups is 1. The molecule has 0 aromatic heterocycles. The number of carbonyl (C=O) groups is 1. The number of nitrogens with zero attached hydrogens (tertiary/aromatic N) is 2. The van der Waals surface area contributed by atoms with Gasteiger partial charge in [0.05, 0.1) is 17.7 Å². The van der Waals surface area contributed by atoms with E-state index >= 15 is 0 Å². The zero-order valence-electron chi connectivity index (χ0n) is 20.8. The number of benzene rings is 4. The van der Waals surface area contributed by atoms with Gasteiger partial charge in [0.2, 0.25) is 0 Å². The fraction of sp³-hybridized carbons (Fsp3) is 0.133. The normalized spacial score (nSPS) is 15.6. The van der Waals surface area contributed by atoms with E-state index in [2.05, 4.69) is 0 Å². The van der Waals surface area contributed by atoms with Crippen LogP contribution in [0.25, 0.3) is 16.8 Å². The molecule has 1 aliphatic heterocycles. The van der Waals surface area contributed by atoms with Crippen molar-refractivity contribution in [3.63, 3.8) is 0 Å². The van der Waals surface area contributed by atoms with Gasteiger partial charge in [0.15, 0.2) is 5.17 Å². The smallest absolute Gasteiger partial charge is 0.266 e. The van der Waals surface area contributed by atoms with Crippen LogP contribution >= 0.6 is 35.0 Å². The lowest BCUT2D eigenvalue weighted by Gasteiger charge is -2.14. The van der Waals surface area contributed by atoms with Crippen LogP contribution in [0.15, 0.2) is 88.8 Å². The Balaban J connectivity index is 1.51. The molecule has 0 atom stereocenters. The van der Waals surface area contributed by atoms with Crippen LogP contribution in [0.1, 0.15) is 18.1 Å². The lowest BCUT2D eigenvalue weighted by Crippen LogP contribution is -2.28. The number of amidine groups is 1. The summed E-state index contributed by atoms with van der Waals surface area (Å²) in [6, 6.07) is 24.7. The summed E-state index contributed by atoms with van der Waals surface area (Å²) in [4.78, 5) is 20.4. The van der Waals surface area contributed by atoms with Crippen LogP contribution < -0.4 is 9.47 Å². The molecule has 4 aromatic rings. The fourth-order valence-corrected chi connectivity index (χ4v) is 5.62. The number of likely N-dealkylation sites (N-methyl/N-ethyl adjacent to an activating group) is 1. The maximum atomic E-state index is 13.4. The largest absolute Gasteiger partial charge is 0.497 e. The van der Waals surface area contributed by atoms with Gasteiger partial charge in [-0.3, -0.25) is 9.69 Å². The van der Waals surface area contributed by atoms with Crippen molar-refractivity contribution in [2.75, 3.05) is 13.7 Å². The molecule has 0 spiro atoms. The first-order chi connectivity index (χ1) is 18.5. The number of thioether (sulfide) groups is 1. The van der Waals surface area contributed by atoms with Crippen molar-refractivity contribution in [1.82, 2.24) is 4.90 Å². The number of hydrogen-bond donors (Lipinski definition) is 0. The highest BCUT2D eigenvalue weighted by Crippen LogP contribution is 2.38. The Morgan fingerprint density at radius 1 is 1.00 bits per heavy atom. The van der Waals surface area contributed by atoms with Crippen molar-refractivity contribution in [2.45, 2.75) is 13.5 Å². The zero-order chi connectivity index (χ0) is 26.6. The Morgan fingerprint density at radius 3 is 2.53 bits per heavy atom. The maximum Gasteiger partial charge on any atom is 0.266 e. The molecule has 38 heavy (non-hydrogen) atoms. The molecule has 0 N–H and O–H groups in total. The number of rotatable bonds is 7. The quantitative estimate of drug-likeness (QED) is 0.212. The SMILES string of the molecule is CCN1C(=O)/C(=C\c2c(OCc3ccc(Cl)cc3Cl)ccc3ccccc23)SC1=Nc1ccc(OC)cc1. The predicted octanol–water partition coefficient (Wildman–Crippen LogP) is 8.36. The Hall–Kier alpha value is -3.45. The summed E-state index contributed by atoms with van der Waals surface area (Å²) >= 11 is 13.8. The van der Waals surface area contributed by atoms with Crippen LogP contribution in [0.4, 0.5) is 5.69 Å². The highest BCUT2D eigenvalue weighted by Gasteiger charge is 2.32. The van der Waals surface area contributed by atoms with Crippen molar-refractivity contribution in [2.24, 2.45) is 4.99 Å². The molecule has 0 radical (unpaired) electrons. The fourth-order valence-electron chi connectivity index (χ4n) is 4.11. The van der Waals surface area contributed by atoms with E-state index in [0.717, 1.165) is 33.3 Å². The summed E-state index contributed by atoms with van der Waals surface area (Å²) in [7, 11) is 1.62. The lowest BCUT2D eigenvalue weighted by molar-refractivity contribution is -0.122. The van der Waals surface area contributed by atoms with E-state index in [1.54, 1.807) is 24.1 Å². The van der Waals surface area contributed by atoms with Crippen molar-refractivity contribution >= 4 is 68.6 Å². The lowest BCUT2D eigenvalue weighted by atomic mass is 10.0. The Labute approximate surface area is 235 Å². The van der Waals surface area contributed by atoms with E-state index in [4.69, 9.17) is 37.7 Å². The molecule has 1 amide bonds. The summed E-state index contributed by atoms with van der Waals surface area (Å²) in [5.41, 5.74) is 2.39. The molecule has 1 fully saturated rings. The molecule has 5 rings (SSSR count). The van der Waals surface area contributed by atoms with Crippen LogP contribution in [0.2, 0.25) is 10.0 Å². The molecule has 5 nitrogen and oxygen atoms in total. The number of ether oxygens (including phenoxy) is 2. The van der Waals surface area contributed by atoms with Crippen molar-refractivity contribution in [1.29, 1.82) is 0 Å². The summed E-state index contributed by atoms with van der Waals surface area (Å²) in [6.45, 7) is 2.70. The number of hydrogen-bond acceptors (Lipinski definition) is 5. The van der Waals surface area contributed by atoms with E-state index in [-0.39, 0.29) is 12.5 Å². The first kappa shape index (κ1) is 26.2. The number of amides is 1. The first-order valence-electron chi connectivity index (χ1n) is 12.0. The Kier molecular flexibility index (Phi) is 7.93. The molecule has 0 saturated carbocycles. The van der Waals surface area contributed by atoms with Crippen LogP contribution in [0.3, 0.4) is 0 Å². The number of fused-ring (bicyclic) bond motifs is 1. The van der Waals surface area contributed by atoms with Crippen molar-refractivity contribution in [3.05, 3.63) is 105 Å². The van der Waals surface area contributed by atoms with Crippen molar-refractivity contribution in [3.8, 4) is 11.5 Å². The number of carbonyl (C=O) groups excluding carboxylic acids is 1. The summed E-state index contributed by atoms with van der Waals surface area (Å²) in [6.07, 6.45) is 1.90. The average Bonchev–Trinajstić information content (AvgIpc) is 3.22. The molecule has 1 aliphatic rings. The average molecular weight is 564 g/mol. The number of halogens is 2. The topological polar surface area (TPSA) is 51.1 Å². The van der Waals surface area contributed by atoms with Gasteiger partial charge in [-0.2, -0.15) is 0 Å². The summed E-state index contributed by atoms with van der Waals surface area (Å²) in [5.74, 6) is 1.31. The van der Waals surface area contributed by atoms with Gasteiger partial charge in [0, 0.05) is 27.7 Å². The Bertz CT molecular complexity index is 1570. The summed E-state index contributed by atoms with van der Waals surface area (Å²) < 4.78 is 11.5. The first-order valence-corrected chi connectivity index (χ1v) is 13.6. The van der Waals surface area contributed by atoms with Gasteiger partial charge in [-0.15, -0.1) is 0 Å². The second-order valence-electron chi connectivity index (χ2n) is 8.48. The zero-order valence-corrected chi connectivity index (χ0v) is 23.1. The van der Waals surface area contributed by atoms with Crippen LogP contribution in [0, 0.1) is 0 Å². The minimum absolute atomic E-state index is 0.0932. The monoisotopic (exact) mass is 562 g/mol. The second kappa shape index (κ2) is 11.5. The third kappa shape index (κ3) is 5.53. The van der Waals surface area contributed by atoms with E-state index in [1.807, 2.05) is 79.7 Å². The van der Waals surface area contributed by atoms with Gasteiger partial charge >= 0.3 is 0 Å². The van der Waals surface area contributed by atoms with E-state index in [9.17, 15) is 4.79 Å². The highest BCUT2D eigenvalue weighted by molar-refractivity contribution is 8.18. The van der Waals surface area contributed by atoms with Gasteiger partial charge in [-0.1, -0.05) is 59.6 Å². The van der Waals surface area contributed by atoms with Crippen molar-refractivity contribution < 1.29 is 14.3 Å². The van der Waals surface area contributed by atoms with E-state index in [1.165, 1.54) is 11.8 Å². The number of methoxy groups -OCH3 is 1. The van der Waals surface area contributed by atoms with Gasteiger partial charge in [0.1, 0.15) is 18.1 Å². The van der Waals surface area contributed by atoms with Crippen LogP contribution in [-0.2, 0) is 11.4 Å². The van der Waals surface area contributed by atoms with E-state index in [0.29, 0.717) is 32.4 Å². The standard InChI is InChI=1S/C30H24Cl2N2O3S/c1-3-34-29(35)28(38-30(34)33-22-11-13-23(36-2)14-12-22)17-25-24-7-5-4-6-19(24)9-15-27(25)37-18-20-8-10-21(31)16-26(20)32/h4-17H,3,18H2,1-2H3/b28-17+,33-30?. The highest BCUT2D eigenvalue weighted by atomic mass is 35.5. The second-order valence-corrected chi connectivity index (χ2v) is 10.3. The minimum Gasteiger partial charge on any atom is -0.497 e. The van der Waals surface area contributed by atoms with Crippen LogP contribution in [0.5, 0.6) is 11.5 Å². The third-order valence-corrected chi connectivity index (χ3v) is 7.70. The van der Waals surface area contributed by atoms with Crippen LogP contribution in [-0.4, -0.2) is 29.6 Å². The molecule has 4 aromatic carbocycles. The molecule has 0 unspecified atom stereocenters. The molecular weight excluding hydrogens is 539 g/mol. The molecular formula is C30H24Cl2N2O3S. The molecule has 1 saturated heterocycles. The van der Waals surface area contributed by atoms with Gasteiger partial charge in [-0.05, 0) is 78.0 Å². The van der Waals surface area contributed by atoms with E-state index < -0.39 is 0 Å². The Morgan fingerprint density at radius 2 is 1.79 bits per heavy atom. The molecule has 0 aliphatic carbocycles. The molecule has 0 bridgehead atoms. The summed E-state index contributed by atoms with van der Waals surface area (Å²) in [5, 5.41) is 3.77. The molecule has 8 heteroatoms. The molecule has 1 heterocycles. The van der Waals surface area contributed by atoms with Gasteiger partial charge in [-0.25, -0.2) is 4.99 Å². The van der Waals surface area contributed by atoms with Gasteiger partial charge < -0.3 is 9.47 Å². The predicted molar refractivity (Wildman–Crippen MR) is 158 cm³/mol.